The van der Waals surface area contributed by atoms with Crippen molar-refractivity contribution in [2.75, 3.05) is 12.3 Å². The average molecular weight is 402 g/mol. The van der Waals surface area contributed by atoms with Crippen molar-refractivity contribution < 1.29 is 4.79 Å². The molecule has 1 aromatic carbocycles. The molecule has 0 radical (unpaired) electrons. The number of rotatable bonds is 6. The number of nitrogens with two attached hydrogens (primary N) is 1. The van der Waals surface area contributed by atoms with Gasteiger partial charge in [0, 0.05) is 36.0 Å². The monoisotopic (exact) mass is 402 g/mol. The number of pyridine rings is 1. The Hall–Kier alpha value is -3.99. The lowest BCUT2D eigenvalue weighted by molar-refractivity contribution is 0.0950. The molecule has 8 heteroatoms. The Labute approximate surface area is 174 Å². The van der Waals surface area contributed by atoms with E-state index in [0.717, 1.165) is 5.56 Å². The molecule has 0 spiro atoms. The van der Waals surface area contributed by atoms with Gasteiger partial charge in [0.25, 0.3) is 11.5 Å². The molecule has 3 rings (SSSR count). The molecule has 0 saturated carbocycles. The summed E-state index contributed by atoms with van der Waals surface area (Å²) < 4.78 is 1.59. The smallest absolute Gasteiger partial charge is 0.273 e. The van der Waals surface area contributed by atoms with E-state index in [1.165, 1.54) is 6.07 Å². The first-order valence-corrected chi connectivity index (χ1v) is 9.53. The fourth-order valence-corrected chi connectivity index (χ4v) is 2.98. The van der Waals surface area contributed by atoms with Crippen LogP contribution in [0.5, 0.6) is 0 Å². The van der Waals surface area contributed by atoms with Crippen LogP contribution in [0.2, 0.25) is 0 Å². The standard InChI is InChI=1S/C22H22N6O2/c1-14(2)28-13-16(9-10-17(28)29)19-18(15-7-4-3-5-8-15)27-21(24)20(26-19)22(30)25-12-6-11-23/h3-5,7-10,13-14H,6,12H2,1-2H3,(H2,24,27)(H,25,30). The van der Waals surface area contributed by atoms with Crippen LogP contribution in [-0.4, -0.2) is 27.0 Å². The first-order valence-electron chi connectivity index (χ1n) is 9.53. The second-order valence-corrected chi connectivity index (χ2v) is 6.94. The minimum atomic E-state index is -0.506. The summed E-state index contributed by atoms with van der Waals surface area (Å²) in [5.41, 5.74) is 8.28. The lowest BCUT2D eigenvalue weighted by atomic mass is 10.0. The van der Waals surface area contributed by atoms with Crippen molar-refractivity contribution in [3.8, 4) is 28.6 Å². The molecule has 0 saturated heterocycles. The van der Waals surface area contributed by atoms with Crippen LogP contribution < -0.4 is 16.6 Å². The Morgan fingerprint density at radius 1 is 1.13 bits per heavy atom. The minimum absolute atomic E-state index is 0.00996. The summed E-state index contributed by atoms with van der Waals surface area (Å²) in [6, 6.07) is 14.4. The van der Waals surface area contributed by atoms with Gasteiger partial charge in [-0.15, -0.1) is 0 Å². The quantitative estimate of drug-likeness (QED) is 0.611. The summed E-state index contributed by atoms with van der Waals surface area (Å²) >= 11 is 0. The molecule has 0 unspecified atom stereocenters. The first-order chi connectivity index (χ1) is 14.4. The van der Waals surface area contributed by atoms with Gasteiger partial charge < -0.3 is 15.6 Å². The topological polar surface area (TPSA) is 127 Å². The number of anilines is 1. The van der Waals surface area contributed by atoms with Crippen LogP contribution in [0.15, 0.2) is 53.5 Å². The van der Waals surface area contributed by atoms with E-state index in [-0.39, 0.29) is 36.1 Å². The van der Waals surface area contributed by atoms with Crippen LogP contribution in [0.1, 0.15) is 36.8 Å². The summed E-state index contributed by atoms with van der Waals surface area (Å²) in [6.07, 6.45) is 1.88. The van der Waals surface area contributed by atoms with Crippen LogP contribution in [0.4, 0.5) is 5.82 Å². The third kappa shape index (κ3) is 4.36. The molecule has 2 aromatic heterocycles. The zero-order chi connectivity index (χ0) is 21.7. The van der Waals surface area contributed by atoms with E-state index in [1.54, 1.807) is 16.8 Å². The number of benzene rings is 1. The number of carbonyl (C=O) groups is 1. The van der Waals surface area contributed by atoms with Crippen molar-refractivity contribution in [3.63, 3.8) is 0 Å². The largest absolute Gasteiger partial charge is 0.382 e. The van der Waals surface area contributed by atoms with E-state index >= 15 is 0 Å². The lowest BCUT2D eigenvalue weighted by Gasteiger charge is -2.15. The fourth-order valence-electron chi connectivity index (χ4n) is 2.98. The zero-order valence-corrected chi connectivity index (χ0v) is 16.8. The normalized spacial score (nSPS) is 10.6. The first kappa shape index (κ1) is 20.7. The van der Waals surface area contributed by atoms with Crippen LogP contribution in [-0.2, 0) is 0 Å². The van der Waals surface area contributed by atoms with Crippen molar-refractivity contribution in [2.24, 2.45) is 0 Å². The van der Waals surface area contributed by atoms with Crippen molar-refractivity contribution in [3.05, 3.63) is 64.7 Å². The third-order valence-corrected chi connectivity index (χ3v) is 4.48. The van der Waals surface area contributed by atoms with E-state index in [1.807, 2.05) is 50.2 Å². The van der Waals surface area contributed by atoms with Gasteiger partial charge in [-0.2, -0.15) is 5.26 Å². The maximum absolute atomic E-state index is 12.5. The van der Waals surface area contributed by atoms with Crippen molar-refractivity contribution >= 4 is 11.7 Å². The van der Waals surface area contributed by atoms with Gasteiger partial charge in [0.15, 0.2) is 11.5 Å². The predicted molar refractivity (Wildman–Crippen MR) is 115 cm³/mol. The number of hydrogen-bond acceptors (Lipinski definition) is 6. The minimum Gasteiger partial charge on any atom is -0.382 e. The Bertz CT molecular complexity index is 1160. The lowest BCUT2D eigenvalue weighted by Crippen LogP contribution is -2.27. The zero-order valence-electron chi connectivity index (χ0n) is 16.8. The molecule has 3 aromatic rings. The summed E-state index contributed by atoms with van der Waals surface area (Å²) in [6.45, 7) is 4.00. The van der Waals surface area contributed by atoms with Gasteiger partial charge >= 0.3 is 0 Å². The van der Waals surface area contributed by atoms with E-state index in [0.29, 0.717) is 17.0 Å². The molecular formula is C22H22N6O2. The van der Waals surface area contributed by atoms with Gasteiger partial charge in [-0.05, 0) is 19.9 Å². The fraction of sp³-hybridized carbons (Fsp3) is 0.227. The van der Waals surface area contributed by atoms with Gasteiger partial charge in [-0.1, -0.05) is 30.3 Å². The molecule has 8 nitrogen and oxygen atoms in total. The van der Waals surface area contributed by atoms with Gasteiger partial charge in [-0.3, -0.25) is 9.59 Å². The highest BCUT2D eigenvalue weighted by Crippen LogP contribution is 2.30. The average Bonchev–Trinajstić information content (AvgIpc) is 2.74. The molecule has 0 atom stereocenters. The number of nitriles is 1. The summed E-state index contributed by atoms with van der Waals surface area (Å²) in [5, 5.41) is 11.3. The Morgan fingerprint density at radius 2 is 1.83 bits per heavy atom. The number of hydrogen-bond donors (Lipinski definition) is 2. The molecule has 2 heterocycles. The molecular weight excluding hydrogens is 380 g/mol. The number of nitrogens with zero attached hydrogens (tertiary/aromatic N) is 4. The van der Waals surface area contributed by atoms with Crippen LogP contribution in [0.3, 0.4) is 0 Å². The SMILES string of the molecule is CC(C)n1cc(-c2nc(C(=O)NCCC#N)c(N)nc2-c2ccccc2)ccc1=O. The second-order valence-electron chi connectivity index (χ2n) is 6.94. The third-order valence-electron chi connectivity index (χ3n) is 4.48. The highest BCUT2D eigenvalue weighted by molar-refractivity contribution is 5.98. The molecule has 1 amide bonds. The number of aromatic nitrogens is 3. The number of nitrogens with one attached hydrogen (secondary N) is 1. The van der Waals surface area contributed by atoms with Crippen LogP contribution >= 0.6 is 0 Å². The summed E-state index contributed by atoms with van der Waals surface area (Å²) in [5.74, 6) is -0.516. The maximum Gasteiger partial charge on any atom is 0.273 e. The van der Waals surface area contributed by atoms with E-state index in [9.17, 15) is 9.59 Å². The maximum atomic E-state index is 12.5. The number of nitrogen functional groups attached to an aromatic ring is 1. The molecule has 0 bridgehead atoms. The Kier molecular flexibility index (Phi) is 6.23. The molecule has 3 N–H and O–H groups in total. The molecule has 152 valence electrons. The van der Waals surface area contributed by atoms with Gasteiger partial charge in [0.1, 0.15) is 0 Å². The van der Waals surface area contributed by atoms with E-state index < -0.39 is 5.91 Å². The van der Waals surface area contributed by atoms with Crippen LogP contribution in [0.25, 0.3) is 22.5 Å². The van der Waals surface area contributed by atoms with E-state index in [4.69, 9.17) is 11.0 Å². The predicted octanol–water partition coefficient (Wildman–Crippen LogP) is 2.78. The molecule has 0 aliphatic rings. The Balaban J connectivity index is 2.19. The van der Waals surface area contributed by atoms with Gasteiger partial charge in [0.05, 0.1) is 23.9 Å². The van der Waals surface area contributed by atoms with Gasteiger partial charge in [0.2, 0.25) is 0 Å². The highest BCUT2D eigenvalue weighted by Gasteiger charge is 2.20. The van der Waals surface area contributed by atoms with Crippen molar-refractivity contribution in [1.82, 2.24) is 19.9 Å². The van der Waals surface area contributed by atoms with Crippen molar-refractivity contribution in [1.29, 1.82) is 5.26 Å². The summed E-state index contributed by atoms with van der Waals surface area (Å²) in [7, 11) is 0. The molecule has 0 fully saturated rings. The summed E-state index contributed by atoms with van der Waals surface area (Å²) in [4.78, 5) is 33.7. The van der Waals surface area contributed by atoms with E-state index in [2.05, 4.69) is 15.3 Å². The number of carbonyl (C=O) groups excluding carboxylic acids is 1. The van der Waals surface area contributed by atoms with Crippen LogP contribution in [0, 0.1) is 11.3 Å². The molecule has 0 aliphatic carbocycles. The molecule has 30 heavy (non-hydrogen) atoms. The number of amides is 1. The highest BCUT2D eigenvalue weighted by atomic mass is 16.2. The molecule has 0 aliphatic heterocycles. The Morgan fingerprint density at radius 3 is 2.50 bits per heavy atom. The second kappa shape index (κ2) is 9.01. The van der Waals surface area contributed by atoms with Crippen molar-refractivity contribution in [2.45, 2.75) is 26.3 Å². The van der Waals surface area contributed by atoms with Gasteiger partial charge in [-0.25, -0.2) is 9.97 Å².